The summed E-state index contributed by atoms with van der Waals surface area (Å²) in [4.78, 5) is 10.4. The number of carbonyl (C=O) groups excluding carboxylic acids is 1. The van der Waals surface area contributed by atoms with E-state index in [9.17, 15) is 4.79 Å². The van der Waals surface area contributed by atoms with Crippen molar-refractivity contribution in [2.75, 3.05) is 0 Å². The van der Waals surface area contributed by atoms with Crippen molar-refractivity contribution in [2.45, 2.75) is 33.1 Å². The molecule has 0 saturated heterocycles. The average molecular weight is 202 g/mol. The summed E-state index contributed by atoms with van der Waals surface area (Å²) >= 11 is 0. The Bertz CT molecular complexity index is 336. The van der Waals surface area contributed by atoms with Crippen LogP contribution in [-0.2, 0) is 4.79 Å². The van der Waals surface area contributed by atoms with E-state index in [0.717, 1.165) is 19.1 Å². The molecule has 0 heterocycles. The highest BCUT2D eigenvalue weighted by Crippen LogP contribution is 2.23. The van der Waals surface area contributed by atoms with E-state index < -0.39 is 0 Å². The van der Waals surface area contributed by atoms with Crippen molar-refractivity contribution < 1.29 is 4.79 Å². The van der Waals surface area contributed by atoms with E-state index in [1.54, 1.807) is 0 Å². The van der Waals surface area contributed by atoms with Gasteiger partial charge in [0.2, 0.25) is 0 Å². The fraction of sp³-hybridized carbons (Fsp3) is 0.357. The van der Waals surface area contributed by atoms with Crippen LogP contribution < -0.4 is 0 Å². The summed E-state index contributed by atoms with van der Waals surface area (Å²) < 4.78 is 0. The average Bonchev–Trinajstić information content (AvgIpc) is 2.31. The molecular weight excluding hydrogens is 184 g/mol. The van der Waals surface area contributed by atoms with Gasteiger partial charge in [-0.2, -0.15) is 0 Å². The lowest BCUT2D eigenvalue weighted by atomic mass is 9.96. The van der Waals surface area contributed by atoms with Gasteiger partial charge in [0.05, 0.1) is 0 Å². The molecule has 0 unspecified atom stereocenters. The van der Waals surface area contributed by atoms with E-state index >= 15 is 0 Å². The number of hydrogen-bond acceptors (Lipinski definition) is 1. The summed E-state index contributed by atoms with van der Waals surface area (Å²) in [5.41, 5.74) is 3.97. The molecule has 0 fully saturated rings. The molecule has 15 heavy (non-hydrogen) atoms. The van der Waals surface area contributed by atoms with Crippen LogP contribution in [0, 0.1) is 0 Å². The molecule has 0 spiro atoms. The number of aldehydes is 1. The van der Waals surface area contributed by atoms with Crippen molar-refractivity contribution in [3.63, 3.8) is 0 Å². The summed E-state index contributed by atoms with van der Waals surface area (Å²) in [6.45, 7) is 4.28. The lowest BCUT2D eigenvalue weighted by Gasteiger charge is -2.09. The van der Waals surface area contributed by atoms with E-state index in [-0.39, 0.29) is 0 Å². The highest BCUT2D eigenvalue weighted by molar-refractivity contribution is 5.67. The van der Waals surface area contributed by atoms with Gasteiger partial charge in [-0.05, 0) is 30.9 Å². The summed E-state index contributed by atoms with van der Waals surface area (Å²) in [7, 11) is 0. The van der Waals surface area contributed by atoms with E-state index in [1.807, 2.05) is 18.2 Å². The predicted octanol–water partition coefficient (Wildman–Crippen LogP) is 3.85. The van der Waals surface area contributed by atoms with Crippen molar-refractivity contribution in [3.05, 3.63) is 41.5 Å². The van der Waals surface area contributed by atoms with Crippen molar-refractivity contribution >= 4 is 11.9 Å². The Morgan fingerprint density at radius 2 is 1.93 bits per heavy atom. The molecule has 80 valence electrons. The molecule has 0 aliphatic heterocycles. The number of allylic oxidation sites excluding steroid dienone is 2. The van der Waals surface area contributed by atoms with Crippen molar-refractivity contribution in [1.29, 1.82) is 0 Å². The van der Waals surface area contributed by atoms with Gasteiger partial charge >= 0.3 is 0 Å². The molecule has 0 aliphatic rings. The van der Waals surface area contributed by atoms with Crippen molar-refractivity contribution in [2.24, 2.45) is 0 Å². The zero-order valence-corrected chi connectivity index (χ0v) is 9.49. The first-order valence-electron chi connectivity index (χ1n) is 5.47. The molecule has 0 amide bonds. The number of hydrogen-bond donors (Lipinski definition) is 0. The van der Waals surface area contributed by atoms with E-state index in [4.69, 9.17) is 0 Å². The van der Waals surface area contributed by atoms with Crippen molar-refractivity contribution in [3.8, 4) is 0 Å². The molecular formula is C14H18O. The van der Waals surface area contributed by atoms with Crippen LogP contribution in [0.1, 0.15) is 38.7 Å². The van der Waals surface area contributed by atoms with Crippen LogP contribution in [0.25, 0.3) is 5.57 Å². The Balaban J connectivity index is 2.90. The Morgan fingerprint density at radius 3 is 2.47 bits per heavy atom. The van der Waals surface area contributed by atoms with Gasteiger partial charge in [-0.25, -0.2) is 0 Å². The Hall–Kier alpha value is -1.37. The fourth-order valence-corrected chi connectivity index (χ4v) is 1.75. The van der Waals surface area contributed by atoms with Gasteiger partial charge in [0.25, 0.3) is 0 Å². The van der Waals surface area contributed by atoms with Gasteiger partial charge in [-0.15, -0.1) is 0 Å². The van der Waals surface area contributed by atoms with Crippen LogP contribution >= 0.6 is 0 Å². The zero-order chi connectivity index (χ0) is 11.1. The van der Waals surface area contributed by atoms with Gasteiger partial charge in [-0.3, -0.25) is 0 Å². The lowest BCUT2D eigenvalue weighted by Crippen LogP contribution is -1.89. The second kappa shape index (κ2) is 6.18. The van der Waals surface area contributed by atoms with E-state index in [1.165, 1.54) is 16.7 Å². The van der Waals surface area contributed by atoms with E-state index in [2.05, 4.69) is 26.0 Å². The number of benzene rings is 1. The second-order valence-corrected chi connectivity index (χ2v) is 3.65. The molecule has 0 atom stereocenters. The van der Waals surface area contributed by atoms with Gasteiger partial charge in [0, 0.05) is 6.42 Å². The highest BCUT2D eigenvalue weighted by atomic mass is 16.1. The van der Waals surface area contributed by atoms with Gasteiger partial charge in [0.1, 0.15) is 6.29 Å². The third-order valence-electron chi connectivity index (χ3n) is 2.73. The van der Waals surface area contributed by atoms with Crippen LogP contribution in [0.15, 0.2) is 35.9 Å². The largest absolute Gasteiger partial charge is 0.303 e. The Morgan fingerprint density at radius 1 is 1.27 bits per heavy atom. The second-order valence-electron chi connectivity index (χ2n) is 3.65. The molecule has 1 aromatic carbocycles. The molecule has 0 N–H and O–H groups in total. The van der Waals surface area contributed by atoms with Crippen LogP contribution in [0.4, 0.5) is 0 Å². The van der Waals surface area contributed by atoms with Crippen LogP contribution in [0.3, 0.4) is 0 Å². The summed E-state index contributed by atoms with van der Waals surface area (Å²) in [5, 5.41) is 0. The normalized spacial score (nSPS) is 12.1. The molecule has 1 rings (SSSR count). The minimum Gasteiger partial charge on any atom is -0.303 e. The zero-order valence-electron chi connectivity index (χ0n) is 9.49. The Kier molecular flexibility index (Phi) is 4.82. The smallest absolute Gasteiger partial charge is 0.120 e. The Labute approximate surface area is 91.8 Å². The van der Waals surface area contributed by atoms with E-state index in [0.29, 0.717) is 6.42 Å². The monoisotopic (exact) mass is 202 g/mol. The number of rotatable bonds is 5. The number of carbonyl (C=O) groups is 1. The molecule has 0 saturated carbocycles. The SMILES string of the molecule is CC/C(CCC=O)=C(\C)c1ccccc1. The fourth-order valence-electron chi connectivity index (χ4n) is 1.75. The minimum absolute atomic E-state index is 0.632. The van der Waals surface area contributed by atoms with Gasteiger partial charge in [-0.1, -0.05) is 42.8 Å². The van der Waals surface area contributed by atoms with Gasteiger partial charge < -0.3 is 4.79 Å². The topological polar surface area (TPSA) is 17.1 Å². The summed E-state index contributed by atoms with van der Waals surface area (Å²) in [6, 6.07) is 10.4. The van der Waals surface area contributed by atoms with Gasteiger partial charge in [0.15, 0.2) is 0 Å². The standard InChI is InChI=1S/C14H18O/c1-3-13(10-7-11-15)12(2)14-8-5-4-6-9-14/h4-6,8-9,11H,3,7,10H2,1-2H3/b13-12-. The first kappa shape index (κ1) is 11.7. The third kappa shape index (κ3) is 3.35. The molecule has 0 radical (unpaired) electrons. The van der Waals surface area contributed by atoms with Crippen LogP contribution in [-0.4, -0.2) is 6.29 Å². The van der Waals surface area contributed by atoms with Crippen LogP contribution in [0.5, 0.6) is 0 Å². The quantitative estimate of drug-likeness (QED) is 0.663. The molecule has 0 bridgehead atoms. The van der Waals surface area contributed by atoms with Crippen molar-refractivity contribution in [1.82, 2.24) is 0 Å². The molecule has 0 aromatic heterocycles. The lowest BCUT2D eigenvalue weighted by molar-refractivity contribution is -0.107. The molecule has 0 aliphatic carbocycles. The summed E-state index contributed by atoms with van der Waals surface area (Å²) in [5.74, 6) is 0. The summed E-state index contributed by atoms with van der Waals surface area (Å²) in [6.07, 6.45) is 3.54. The minimum atomic E-state index is 0.632. The molecule has 1 aromatic rings. The van der Waals surface area contributed by atoms with Crippen LogP contribution in [0.2, 0.25) is 0 Å². The highest BCUT2D eigenvalue weighted by Gasteiger charge is 2.02. The predicted molar refractivity (Wildman–Crippen MR) is 64.6 cm³/mol. The maximum atomic E-state index is 10.4. The third-order valence-corrected chi connectivity index (χ3v) is 2.73. The first-order valence-corrected chi connectivity index (χ1v) is 5.47. The maximum absolute atomic E-state index is 10.4. The maximum Gasteiger partial charge on any atom is 0.120 e. The molecule has 1 nitrogen and oxygen atoms in total. The molecule has 1 heteroatoms. The first-order chi connectivity index (χ1) is 7.29.